The predicted molar refractivity (Wildman–Crippen MR) is 204 cm³/mol. The summed E-state index contributed by atoms with van der Waals surface area (Å²) in [7, 11) is 1.90. The van der Waals surface area contributed by atoms with Crippen molar-refractivity contribution in [2.24, 2.45) is 0 Å². The molecule has 0 aliphatic carbocycles. The number of piperazine rings is 1. The molecular formula is C39H42FN9O4S. The number of halogens is 1. The number of aryl methyl sites for hydroxylation is 1. The summed E-state index contributed by atoms with van der Waals surface area (Å²) in [6.07, 6.45) is 3.36. The number of likely N-dealkylation sites (tertiary alicyclic amines) is 1. The Labute approximate surface area is 316 Å². The number of hydrogen-bond acceptors (Lipinski definition) is 11. The van der Waals surface area contributed by atoms with Crippen molar-refractivity contribution in [3.05, 3.63) is 77.3 Å². The van der Waals surface area contributed by atoms with Gasteiger partial charge in [-0.15, -0.1) is 0 Å². The second kappa shape index (κ2) is 14.7. The van der Waals surface area contributed by atoms with Gasteiger partial charge in [-0.05, 0) is 75.7 Å². The standard InChI is InChI=1S/C39H42FN9O4S/c1-6-29-35(45(5)37-44-34(31(20-41)54-37)24-7-11-27(40)12-8-24)49-22-26(10-14-33(49)43-29)25-9-13-32(42-21-25)46-15-17-47(18-16-46)36(51)30-19-28(50)23-48(30)38(52)53-39(2,3)4/h7-14,21-22,28,30,50H,6,15-19,23H2,1-5H3/t28-,30+/m1/s1. The number of thiazole rings is 1. The highest BCUT2D eigenvalue weighted by atomic mass is 32.1. The number of aromatic nitrogens is 4. The lowest BCUT2D eigenvalue weighted by Crippen LogP contribution is -2.55. The van der Waals surface area contributed by atoms with E-state index < -0.39 is 23.8 Å². The van der Waals surface area contributed by atoms with Crippen LogP contribution >= 0.6 is 11.3 Å². The molecule has 0 bridgehead atoms. The van der Waals surface area contributed by atoms with Crippen LogP contribution in [0.3, 0.4) is 0 Å². The van der Waals surface area contributed by atoms with E-state index in [1.807, 2.05) is 59.9 Å². The number of nitrogens with zero attached hydrogens (tertiary/aromatic N) is 9. The molecule has 0 radical (unpaired) electrons. The Morgan fingerprint density at radius 2 is 1.74 bits per heavy atom. The van der Waals surface area contributed by atoms with Crippen molar-refractivity contribution in [1.29, 1.82) is 5.26 Å². The van der Waals surface area contributed by atoms with Crippen LogP contribution in [0.5, 0.6) is 0 Å². The van der Waals surface area contributed by atoms with Crippen LogP contribution in [-0.4, -0.2) is 104 Å². The molecule has 0 saturated carbocycles. The zero-order valence-electron chi connectivity index (χ0n) is 30.9. The summed E-state index contributed by atoms with van der Waals surface area (Å²) in [6, 6.07) is 15.4. The molecular weight excluding hydrogens is 710 g/mol. The van der Waals surface area contributed by atoms with E-state index in [4.69, 9.17) is 19.7 Å². The van der Waals surface area contributed by atoms with Crippen LogP contribution < -0.4 is 9.80 Å². The molecule has 13 nitrogen and oxygen atoms in total. The van der Waals surface area contributed by atoms with Crippen LogP contribution in [0.2, 0.25) is 0 Å². The van der Waals surface area contributed by atoms with E-state index in [0.29, 0.717) is 53.9 Å². The van der Waals surface area contributed by atoms with Crippen molar-refractivity contribution < 1.29 is 23.8 Å². The molecule has 1 aromatic carbocycles. The number of benzene rings is 1. The SMILES string of the molecule is CCc1nc2ccc(-c3ccc(N4CCN(C(=O)[C@@H]5C[C@@H](O)CN5C(=O)OC(C)(C)C)CC4)nc3)cn2c1N(C)c1nc(-c2ccc(F)cc2)c(C#N)s1. The average Bonchev–Trinajstić information content (AvgIpc) is 3.88. The highest BCUT2D eigenvalue weighted by molar-refractivity contribution is 7.16. The predicted octanol–water partition coefficient (Wildman–Crippen LogP) is 5.88. The third kappa shape index (κ3) is 7.31. The third-order valence-electron chi connectivity index (χ3n) is 9.63. The van der Waals surface area contributed by atoms with Crippen molar-refractivity contribution in [2.75, 3.05) is 49.6 Å². The highest BCUT2D eigenvalue weighted by Crippen LogP contribution is 2.37. The average molecular weight is 752 g/mol. The van der Waals surface area contributed by atoms with Gasteiger partial charge >= 0.3 is 6.09 Å². The van der Waals surface area contributed by atoms with Gasteiger partial charge in [0.25, 0.3) is 0 Å². The van der Waals surface area contributed by atoms with Crippen molar-refractivity contribution in [3.8, 4) is 28.5 Å². The third-order valence-corrected chi connectivity index (χ3v) is 10.7. The number of ether oxygens (including phenoxy) is 1. The van der Waals surface area contributed by atoms with Crippen LogP contribution in [0.25, 0.3) is 28.0 Å². The Hall–Kier alpha value is -5.59. The highest BCUT2D eigenvalue weighted by Gasteiger charge is 2.43. The summed E-state index contributed by atoms with van der Waals surface area (Å²) in [5, 5.41) is 20.8. The molecule has 2 atom stereocenters. The first-order valence-corrected chi connectivity index (χ1v) is 18.7. The molecule has 5 aromatic rings. The minimum absolute atomic E-state index is 0.0713. The van der Waals surface area contributed by atoms with E-state index in [0.717, 1.165) is 34.1 Å². The van der Waals surface area contributed by atoms with Gasteiger partial charge in [0.05, 0.1) is 18.3 Å². The number of hydrogen-bond donors (Lipinski definition) is 1. The number of β-amino-alcohol motifs (C(OH)–C–C–N with tert-alkyl or cyclic N) is 1. The fourth-order valence-corrected chi connectivity index (χ4v) is 7.80. The Morgan fingerprint density at radius 3 is 2.39 bits per heavy atom. The molecule has 6 heterocycles. The number of fused-ring (bicyclic) bond motifs is 1. The van der Waals surface area contributed by atoms with Crippen molar-refractivity contribution in [3.63, 3.8) is 0 Å². The minimum Gasteiger partial charge on any atom is -0.444 e. The summed E-state index contributed by atoms with van der Waals surface area (Å²) in [6.45, 7) is 9.51. The summed E-state index contributed by atoms with van der Waals surface area (Å²) < 4.78 is 21.1. The van der Waals surface area contributed by atoms with E-state index in [2.05, 4.69) is 11.0 Å². The quantitative estimate of drug-likeness (QED) is 0.214. The summed E-state index contributed by atoms with van der Waals surface area (Å²) >= 11 is 1.27. The molecule has 15 heteroatoms. The number of carbonyl (C=O) groups excluding carboxylic acids is 2. The molecule has 7 rings (SSSR count). The Balaban J connectivity index is 1.06. The summed E-state index contributed by atoms with van der Waals surface area (Å²) in [5.41, 5.74) is 3.96. The van der Waals surface area contributed by atoms with E-state index >= 15 is 0 Å². The van der Waals surface area contributed by atoms with E-state index in [-0.39, 0.29) is 24.7 Å². The van der Waals surface area contributed by atoms with Gasteiger partial charge in [-0.1, -0.05) is 18.3 Å². The number of carbonyl (C=O) groups is 2. The van der Waals surface area contributed by atoms with Gasteiger partial charge in [0.1, 0.15) is 51.4 Å². The van der Waals surface area contributed by atoms with Gasteiger partial charge in [0.15, 0.2) is 5.13 Å². The maximum absolute atomic E-state index is 13.6. The number of nitriles is 1. The van der Waals surface area contributed by atoms with E-state index in [1.54, 1.807) is 37.8 Å². The largest absolute Gasteiger partial charge is 0.444 e. The second-order valence-electron chi connectivity index (χ2n) is 14.5. The van der Waals surface area contributed by atoms with Crippen molar-refractivity contribution in [1.82, 2.24) is 29.2 Å². The number of imidazole rings is 1. The monoisotopic (exact) mass is 751 g/mol. The number of aliphatic hydroxyl groups is 1. The van der Waals surface area contributed by atoms with Crippen LogP contribution in [0.1, 0.15) is 44.7 Å². The van der Waals surface area contributed by atoms with Gasteiger partial charge < -0.3 is 24.5 Å². The molecule has 1 N–H and O–H groups in total. The molecule has 0 spiro atoms. The number of aliphatic hydroxyl groups excluding tert-OH is 1. The first kappa shape index (κ1) is 36.8. The lowest BCUT2D eigenvalue weighted by Gasteiger charge is -2.38. The molecule has 54 heavy (non-hydrogen) atoms. The fourth-order valence-electron chi connectivity index (χ4n) is 6.95. The number of amides is 2. The van der Waals surface area contributed by atoms with Gasteiger partial charge in [-0.2, -0.15) is 5.26 Å². The van der Waals surface area contributed by atoms with Crippen LogP contribution in [-0.2, 0) is 16.0 Å². The van der Waals surface area contributed by atoms with E-state index in [1.165, 1.54) is 28.4 Å². The summed E-state index contributed by atoms with van der Waals surface area (Å²) in [4.78, 5) is 48.4. The smallest absolute Gasteiger partial charge is 0.411 e. The Morgan fingerprint density at radius 1 is 1.04 bits per heavy atom. The lowest BCUT2D eigenvalue weighted by molar-refractivity contribution is -0.136. The molecule has 4 aromatic heterocycles. The fraction of sp³-hybridized carbons (Fsp3) is 0.385. The first-order valence-electron chi connectivity index (χ1n) is 17.9. The maximum Gasteiger partial charge on any atom is 0.411 e. The van der Waals surface area contributed by atoms with E-state index in [9.17, 15) is 24.3 Å². The van der Waals surface area contributed by atoms with Gasteiger partial charge in [-0.3, -0.25) is 14.1 Å². The topological polar surface area (TPSA) is 143 Å². The van der Waals surface area contributed by atoms with Crippen molar-refractivity contribution in [2.45, 2.75) is 58.3 Å². The zero-order chi connectivity index (χ0) is 38.3. The second-order valence-corrected chi connectivity index (χ2v) is 15.5. The van der Waals surface area contributed by atoms with Crippen LogP contribution in [0, 0.1) is 17.1 Å². The number of anilines is 3. The molecule has 2 amide bonds. The number of rotatable bonds is 7. The van der Waals surface area contributed by atoms with Gasteiger partial charge in [-0.25, -0.2) is 24.1 Å². The Bertz CT molecular complexity index is 2220. The van der Waals surface area contributed by atoms with Crippen molar-refractivity contribution >= 4 is 45.8 Å². The number of pyridine rings is 2. The zero-order valence-corrected chi connectivity index (χ0v) is 31.7. The minimum atomic E-state index is -0.774. The normalized spacial score (nSPS) is 17.6. The maximum atomic E-state index is 13.6. The van der Waals surface area contributed by atoms with Crippen LogP contribution in [0.15, 0.2) is 60.9 Å². The molecule has 2 saturated heterocycles. The molecule has 280 valence electrons. The molecule has 0 unspecified atom stereocenters. The Kier molecular flexibility index (Phi) is 9.99. The molecule has 2 aliphatic heterocycles. The van der Waals surface area contributed by atoms with Gasteiger partial charge in [0, 0.05) is 68.7 Å². The van der Waals surface area contributed by atoms with Crippen LogP contribution in [0.4, 0.5) is 26.0 Å². The molecule has 2 fully saturated rings. The summed E-state index contributed by atoms with van der Waals surface area (Å²) in [5.74, 6) is 1.09. The first-order chi connectivity index (χ1) is 25.8. The van der Waals surface area contributed by atoms with Gasteiger partial charge in [0.2, 0.25) is 5.91 Å². The lowest BCUT2D eigenvalue weighted by atomic mass is 10.1. The molecule has 2 aliphatic rings.